The van der Waals surface area contributed by atoms with Crippen LogP contribution in [0.15, 0.2) is 33.4 Å². The van der Waals surface area contributed by atoms with Crippen molar-refractivity contribution < 1.29 is 13.9 Å². The zero-order valence-electron chi connectivity index (χ0n) is 11.4. The largest absolute Gasteiger partial charge is 0.463 e. The lowest BCUT2D eigenvalue weighted by atomic mass is 10.0. The van der Waals surface area contributed by atoms with Crippen LogP contribution in [-0.2, 0) is 9.53 Å². The Bertz CT molecular complexity index is 879. The molecule has 1 N–H and O–H groups in total. The first-order valence-corrected chi connectivity index (χ1v) is 6.64. The van der Waals surface area contributed by atoms with Crippen molar-refractivity contribution in [3.8, 4) is 0 Å². The van der Waals surface area contributed by atoms with Crippen LogP contribution < -0.4 is 10.7 Å². The minimum Gasteiger partial charge on any atom is -0.463 e. The molecule has 0 aliphatic carbocycles. The van der Waals surface area contributed by atoms with E-state index in [4.69, 9.17) is 21.4 Å². The fourth-order valence-corrected chi connectivity index (χ4v) is 2.48. The second-order valence-corrected chi connectivity index (χ2v) is 5.20. The molecule has 6 heteroatoms. The summed E-state index contributed by atoms with van der Waals surface area (Å²) >= 11 is 4.74. The second kappa shape index (κ2) is 4.82. The van der Waals surface area contributed by atoms with Crippen LogP contribution in [0.25, 0.3) is 17.0 Å². The Kier molecular flexibility index (Phi) is 3.10. The number of nitrogens with one attached hydrogen (secondary N) is 1. The summed E-state index contributed by atoms with van der Waals surface area (Å²) in [6.45, 7) is 3.77. The molecule has 1 aromatic carbocycles. The number of hydrogen-bond donors (Lipinski definition) is 1. The van der Waals surface area contributed by atoms with E-state index in [1.165, 1.54) is 12.3 Å². The van der Waals surface area contributed by atoms with Gasteiger partial charge in [-0.05, 0) is 43.3 Å². The normalized spacial score (nSPS) is 16.4. The molecule has 0 bridgehead atoms. The maximum Gasteiger partial charge on any atom is 0.294 e. The molecule has 5 nitrogen and oxygen atoms in total. The van der Waals surface area contributed by atoms with E-state index in [2.05, 4.69) is 5.32 Å². The molecule has 0 saturated carbocycles. The Labute approximate surface area is 125 Å². The van der Waals surface area contributed by atoms with Crippen LogP contribution in [0, 0.1) is 13.8 Å². The molecule has 0 atom stereocenters. The van der Waals surface area contributed by atoms with Crippen LogP contribution in [0.3, 0.4) is 0 Å². The highest BCUT2D eigenvalue weighted by Gasteiger charge is 2.23. The van der Waals surface area contributed by atoms with Crippen LogP contribution in [0.4, 0.5) is 0 Å². The SMILES string of the molecule is Cc1cc(C)c2c(=O)c(C=C3OC(=S)NC3=O)coc2c1. The highest BCUT2D eigenvalue weighted by molar-refractivity contribution is 7.80. The van der Waals surface area contributed by atoms with Gasteiger partial charge in [0.05, 0.1) is 10.9 Å². The molecule has 0 radical (unpaired) electrons. The Morgan fingerprint density at radius 2 is 2.00 bits per heavy atom. The number of fused-ring (bicyclic) bond motifs is 1. The maximum absolute atomic E-state index is 12.5. The van der Waals surface area contributed by atoms with Crippen molar-refractivity contribution >= 4 is 40.3 Å². The molecule has 3 rings (SSSR count). The zero-order valence-corrected chi connectivity index (χ0v) is 12.2. The number of benzene rings is 1. The highest BCUT2D eigenvalue weighted by atomic mass is 32.1. The minimum atomic E-state index is -0.472. The summed E-state index contributed by atoms with van der Waals surface area (Å²) in [5, 5.41) is 2.80. The number of carbonyl (C=O) groups is 1. The van der Waals surface area contributed by atoms with Gasteiger partial charge < -0.3 is 9.15 Å². The summed E-state index contributed by atoms with van der Waals surface area (Å²) in [5.41, 5.74) is 2.39. The van der Waals surface area contributed by atoms with E-state index in [9.17, 15) is 9.59 Å². The topological polar surface area (TPSA) is 68.5 Å². The molecule has 1 aliphatic heterocycles. The van der Waals surface area contributed by atoms with Crippen LogP contribution in [0.5, 0.6) is 0 Å². The summed E-state index contributed by atoms with van der Waals surface area (Å²) in [6.07, 6.45) is 2.65. The number of hydrogen-bond acceptors (Lipinski definition) is 5. The Hall–Kier alpha value is -2.47. The summed E-state index contributed by atoms with van der Waals surface area (Å²) in [7, 11) is 0. The fraction of sp³-hybridized carbons (Fsp3) is 0.133. The van der Waals surface area contributed by atoms with Crippen LogP contribution in [-0.4, -0.2) is 11.1 Å². The average Bonchev–Trinajstić information content (AvgIpc) is 2.70. The Morgan fingerprint density at radius 1 is 1.24 bits per heavy atom. The van der Waals surface area contributed by atoms with E-state index in [1.54, 1.807) is 6.07 Å². The van der Waals surface area contributed by atoms with E-state index in [-0.39, 0.29) is 21.9 Å². The van der Waals surface area contributed by atoms with Gasteiger partial charge in [0.15, 0.2) is 11.2 Å². The van der Waals surface area contributed by atoms with Crippen LogP contribution in [0.2, 0.25) is 0 Å². The Balaban J connectivity index is 2.20. The van der Waals surface area contributed by atoms with Gasteiger partial charge in [-0.15, -0.1) is 0 Å². The van der Waals surface area contributed by atoms with Crippen LogP contribution in [0.1, 0.15) is 16.7 Å². The molecule has 0 unspecified atom stereocenters. The molecule has 21 heavy (non-hydrogen) atoms. The van der Waals surface area contributed by atoms with Gasteiger partial charge in [-0.3, -0.25) is 14.9 Å². The van der Waals surface area contributed by atoms with E-state index < -0.39 is 5.91 Å². The average molecular weight is 301 g/mol. The third-order valence-electron chi connectivity index (χ3n) is 3.17. The standard InChI is InChI=1S/C15H11NO4S/c1-7-3-8(2)12-10(4-7)19-6-9(13(12)17)5-11-14(18)16-15(21)20-11/h3-6H,1-2H3,(H,16,18,21). The van der Waals surface area contributed by atoms with Crippen molar-refractivity contribution in [3.63, 3.8) is 0 Å². The van der Waals surface area contributed by atoms with E-state index >= 15 is 0 Å². The molecular weight excluding hydrogens is 290 g/mol. The molecule has 1 saturated heterocycles. The van der Waals surface area contributed by atoms with Gasteiger partial charge in [0.25, 0.3) is 11.1 Å². The second-order valence-electron chi connectivity index (χ2n) is 4.83. The van der Waals surface area contributed by atoms with Gasteiger partial charge in [0, 0.05) is 6.08 Å². The Morgan fingerprint density at radius 3 is 2.67 bits per heavy atom. The number of amides is 1. The first-order chi connectivity index (χ1) is 9.95. The van der Waals surface area contributed by atoms with Crippen LogP contribution >= 0.6 is 12.2 Å². The van der Waals surface area contributed by atoms with Crippen molar-refractivity contribution in [2.24, 2.45) is 0 Å². The molecule has 1 fully saturated rings. The first-order valence-electron chi connectivity index (χ1n) is 6.23. The first kappa shape index (κ1) is 13.5. The van der Waals surface area contributed by atoms with E-state index in [1.807, 2.05) is 19.9 Å². The summed E-state index contributed by atoms with van der Waals surface area (Å²) in [4.78, 5) is 24.1. The van der Waals surface area contributed by atoms with Gasteiger partial charge in [0.2, 0.25) is 0 Å². The van der Waals surface area contributed by atoms with Crippen molar-refractivity contribution in [1.29, 1.82) is 0 Å². The zero-order chi connectivity index (χ0) is 15.1. The molecule has 0 spiro atoms. The molecule has 1 aliphatic rings. The number of rotatable bonds is 1. The highest BCUT2D eigenvalue weighted by Crippen LogP contribution is 2.19. The molecule has 2 aromatic rings. The lowest BCUT2D eigenvalue weighted by Gasteiger charge is -2.04. The number of thiocarbonyl (C=S) groups is 1. The predicted octanol–water partition coefficient (Wildman–Crippen LogP) is 2.18. The number of aryl methyl sites for hydroxylation is 2. The van der Waals surface area contributed by atoms with Crippen molar-refractivity contribution in [3.05, 3.63) is 51.1 Å². The van der Waals surface area contributed by atoms with Gasteiger partial charge in [-0.25, -0.2) is 0 Å². The molecule has 1 aromatic heterocycles. The molecule has 1 amide bonds. The summed E-state index contributed by atoms with van der Waals surface area (Å²) in [6, 6.07) is 3.71. The molecular formula is C15H11NO4S. The maximum atomic E-state index is 12.5. The van der Waals surface area contributed by atoms with Gasteiger partial charge >= 0.3 is 0 Å². The lowest BCUT2D eigenvalue weighted by molar-refractivity contribution is -0.116. The van der Waals surface area contributed by atoms with Crippen molar-refractivity contribution in [2.45, 2.75) is 13.8 Å². The number of ether oxygens (including phenoxy) is 1. The quantitative estimate of drug-likeness (QED) is 0.646. The summed E-state index contributed by atoms with van der Waals surface area (Å²) in [5.74, 6) is -0.489. The van der Waals surface area contributed by atoms with E-state index in [0.29, 0.717) is 11.0 Å². The number of carbonyl (C=O) groups excluding carboxylic acids is 1. The van der Waals surface area contributed by atoms with E-state index in [0.717, 1.165) is 11.1 Å². The van der Waals surface area contributed by atoms with Gasteiger partial charge in [-0.2, -0.15) is 0 Å². The minimum absolute atomic E-state index is 0.0172. The van der Waals surface area contributed by atoms with Gasteiger partial charge in [0.1, 0.15) is 11.8 Å². The smallest absolute Gasteiger partial charge is 0.294 e. The monoisotopic (exact) mass is 301 g/mol. The summed E-state index contributed by atoms with van der Waals surface area (Å²) < 4.78 is 10.5. The fourth-order valence-electron chi connectivity index (χ4n) is 2.30. The third kappa shape index (κ3) is 2.34. The van der Waals surface area contributed by atoms with Crippen molar-refractivity contribution in [1.82, 2.24) is 5.32 Å². The third-order valence-corrected chi connectivity index (χ3v) is 3.36. The van der Waals surface area contributed by atoms with Crippen molar-refractivity contribution in [2.75, 3.05) is 0 Å². The van der Waals surface area contributed by atoms with Gasteiger partial charge in [-0.1, -0.05) is 6.07 Å². The molecule has 2 heterocycles. The lowest BCUT2D eigenvalue weighted by Crippen LogP contribution is -2.18. The predicted molar refractivity (Wildman–Crippen MR) is 81.8 cm³/mol. The molecule has 106 valence electrons.